The maximum atomic E-state index is 12.9. The van der Waals surface area contributed by atoms with Crippen molar-refractivity contribution in [3.05, 3.63) is 39.9 Å². The van der Waals surface area contributed by atoms with Crippen LogP contribution in [0.5, 0.6) is 0 Å². The normalized spacial score (nSPS) is 15.8. The Balaban J connectivity index is 2.09. The quantitative estimate of drug-likeness (QED) is 0.380. The summed E-state index contributed by atoms with van der Waals surface area (Å²) in [6.07, 6.45) is 0. The van der Waals surface area contributed by atoms with Crippen molar-refractivity contribution in [3.8, 4) is 0 Å². The van der Waals surface area contributed by atoms with E-state index in [1.165, 1.54) is 31.4 Å². The molecular formula is C18H25N3O6. The highest BCUT2D eigenvalue weighted by Gasteiger charge is 2.24. The monoisotopic (exact) mass is 379 g/mol. The van der Waals surface area contributed by atoms with Crippen LogP contribution >= 0.6 is 0 Å². The van der Waals surface area contributed by atoms with Gasteiger partial charge >= 0.3 is 5.97 Å². The SMILES string of the molecule is COC(=O)C(C)CN(CCN1CCOCC1)C(=O)c1ccc([N+](=O)[O-])cc1. The number of nitrogens with zero attached hydrogens (tertiary/aromatic N) is 3. The van der Waals surface area contributed by atoms with Gasteiger partial charge < -0.3 is 14.4 Å². The van der Waals surface area contributed by atoms with E-state index in [-0.39, 0.29) is 24.1 Å². The highest BCUT2D eigenvalue weighted by molar-refractivity contribution is 5.94. The van der Waals surface area contributed by atoms with Crippen molar-refractivity contribution in [2.75, 3.05) is 53.0 Å². The summed E-state index contributed by atoms with van der Waals surface area (Å²) in [5.41, 5.74) is 0.272. The number of rotatable bonds is 8. The van der Waals surface area contributed by atoms with Gasteiger partial charge in [-0.15, -0.1) is 0 Å². The molecule has 0 aromatic heterocycles. The van der Waals surface area contributed by atoms with E-state index >= 15 is 0 Å². The summed E-state index contributed by atoms with van der Waals surface area (Å²) in [6, 6.07) is 5.48. The van der Waals surface area contributed by atoms with E-state index in [1.54, 1.807) is 11.8 Å². The number of ether oxygens (including phenoxy) is 2. The summed E-state index contributed by atoms with van der Waals surface area (Å²) >= 11 is 0. The summed E-state index contributed by atoms with van der Waals surface area (Å²) in [6.45, 7) is 5.94. The maximum Gasteiger partial charge on any atom is 0.310 e. The van der Waals surface area contributed by atoms with Crippen molar-refractivity contribution in [2.24, 2.45) is 5.92 Å². The molecule has 1 aromatic carbocycles. The lowest BCUT2D eigenvalue weighted by Crippen LogP contribution is -2.45. The number of methoxy groups -OCH3 is 1. The van der Waals surface area contributed by atoms with Gasteiger partial charge in [0, 0.05) is 50.4 Å². The fourth-order valence-corrected chi connectivity index (χ4v) is 2.88. The van der Waals surface area contributed by atoms with E-state index in [4.69, 9.17) is 9.47 Å². The third-order valence-electron chi connectivity index (χ3n) is 4.50. The molecule has 1 unspecified atom stereocenters. The molecule has 0 aliphatic carbocycles. The number of esters is 1. The minimum absolute atomic E-state index is 0.0747. The summed E-state index contributed by atoms with van der Waals surface area (Å²) in [5.74, 6) is -1.13. The van der Waals surface area contributed by atoms with Gasteiger partial charge in [-0.3, -0.25) is 24.6 Å². The van der Waals surface area contributed by atoms with Gasteiger partial charge in [0.05, 0.1) is 31.2 Å². The zero-order chi connectivity index (χ0) is 19.8. The lowest BCUT2D eigenvalue weighted by molar-refractivity contribution is -0.384. The molecule has 1 aliphatic rings. The zero-order valence-electron chi connectivity index (χ0n) is 15.6. The molecule has 0 bridgehead atoms. The number of hydrogen-bond donors (Lipinski definition) is 0. The number of nitro groups is 1. The lowest BCUT2D eigenvalue weighted by Gasteiger charge is -2.31. The second kappa shape index (κ2) is 9.98. The number of morpholine rings is 1. The minimum Gasteiger partial charge on any atom is -0.469 e. The average molecular weight is 379 g/mol. The summed E-state index contributed by atoms with van der Waals surface area (Å²) < 4.78 is 10.1. The van der Waals surface area contributed by atoms with Crippen molar-refractivity contribution in [3.63, 3.8) is 0 Å². The number of benzene rings is 1. The molecule has 1 amide bonds. The van der Waals surface area contributed by atoms with Gasteiger partial charge in [-0.25, -0.2) is 0 Å². The summed E-state index contributed by atoms with van der Waals surface area (Å²) in [7, 11) is 1.31. The van der Waals surface area contributed by atoms with Crippen molar-refractivity contribution in [1.82, 2.24) is 9.80 Å². The molecule has 1 heterocycles. The predicted molar refractivity (Wildman–Crippen MR) is 97.4 cm³/mol. The molecule has 2 rings (SSSR count). The molecule has 1 aliphatic heterocycles. The Labute approximate surface area is 158 Å². The Morgan fingerprint density at radius 3 is 2.48 bits per heavy atom. The van der Waals surface area contributed by atoms with E-state index in [1.807, 2.05) is 0 Å². The first-order valence-electron chi connectivity index (χ1n) is 8.84. The number of carbonyl (C=O) groups is 2. The zero-order valence-corrected chi connectivity index (χ0v) is 15.6. The fourth-order valence-electron chi connectivity index (χ4n) is 2.88. The molecule has 1 fully saturated rings. The highest BCUT2D eigenvalue weighted by Crippen LogP contribution is 2.15. The van der Waals surface area contributed by atoms with Gasteiger partial charge in [0.1, 0.15) is 0 Å². The number of non-ortho nitro benzene ring substituents is 1. The van der Waals surface area contributed by atoms with E-state index < -0.39 is 10.8 Å². The molecule has 0 N–H and O–H groups in total. The first kappa shape index (κ1) is 20.8. The van der Waals surface area contributed by atoms with Gasteiger partial charge in [-0.05, 0) is 12.1 Å². The van der Waals surface area contributed by atoms with Gasteiger partial charge in [0.2, 0.25) is 0 Å². The fraction of sp³-hybridized carbons (Fsp3) is 0.556. The van der Waals surface area contributed by atoms with Crippen LogP contribution in [0.3, 0.4) is 0 Å². The average Bonchev–Trinajstić information content (AvgIpc) is 2.70. The molecule has 0 spiro atoms. The number of hydrogen-bond acceptors (Lipinski definition) is 7. The molecule has 148 valence electrons. The number of carbonyl (C=O) groups excluding carboxylic acids is 2. The smallest absolute Gasteiger partial charge is 0.310 e. The van der Waals surface area contributed by atoms with Crippen LogP contribution in [0.2, 0.25) is 0 Å². The van der Waals surface area contributed by atoms with Gasteiger partial charge in [-0.1, -0.05) is 6.92 Å². The Kier molecular flexibility index (Phi) is 7.68. The van der Waals surface area contributed by atoms with Crippen molar-refractivity contribution in [2.45, 2.75) is 6.92 Å². The molecular weight excluding hydrogens is 354 g/mol. The summed E-state index contributed by atoms with van der Waals surface area (Å²) in [4.78, 5) is 38.7. The number of amides is 1. The van der Waals surface area contributed by atoms with Crippen LogP contribution in [0.4, 0.5) is 5.69 Å². The van der Waals surface area contributed by atoms with Crippen LogP contribution in [0.15, 0.2) is 24.3 Å². The molecule has 1 atom stereocenters. The second-order valence-corrected chi connectivity index (χ2v) is 6.43. The third-order valence-corrected chi connectivity index (χ3v) is 4.50. The van der Waals surface area contributed by atoms with Gasteiger partial charge in [-0.2, -0.15) is 0 Å². The standard InChI is InChI=1S/C18H25N3O6/c1-14(18(23)26-2)13-20(8-7-19-9-11-27-12-10-19)17(22)15-3-5-16(6-4-15)21(24)25/h3-6,14H,7-13H2,1-2H3. The molecule has 0 radical (unpaired) electrons. The van der Waals surface area contributed by atoms with Crippen LogP contribution in [-0.2, 0) is 14.3 Å². The van der Waals surface area contributed by atoms with Gasteiger partial charge in [0.15, 0.2) is 0 Å². The Morgan fingerprint density at radius 2 is 1.93 bits per heavy atom. The second-order valence-electron chi connectivity index (χ2n) is 6.43. The van der Waals surface area contributed by atoms with E-state index in [0.29, 0.717) is 31.9 Å². The Bertz CT molecular complexity index is 658. The van der Waals surface area contributed by atoms with Crippen molar-refractivity contribution >= 4 is 17.6 Å². The first-order chi connectivity index (χ1) is 12.9. The lowest BCUT2D eigenvalue weighted by atomic mass is 10.1. The summed E-state index contributed by atoms with van der Waals surface area (Å²) in [5, 5.41) is 10.8. The third kappa shape index (κ3) is 6.00. The van der Waals surface area contributed by atoms with E-state index in [0.717, 1.165) is 13.1 Å². The highest BCUT2D eigenvalue weighted by atomic mass is 16.6. The Morgan fingerprint density at radius 1 is 1.30 bits per heavy atom. The van der Waals surface area contributed by atoms with Crippen LogP contribution in [0.25, 0.3) is 0 Å². The maximum absolute atomic E-state index is 12.9. The van der Waals surface area contributed by atoms with Crippen LogP contribution in [0.1, 0.15) is 17.3 Å². The largest absolute Gasteiger partial charge is 0.469 e. The molecule has 9 nitrogen and oxygen atoms in total. The van der Waals surface area contributed by atoms with E-state index in [2.05, 4.69) is 4.90 Å². The van der Waals surface area contributed by atoms with Crippen LogP contribution in [0, 0.1) is 16.0 Å². The first-order valence-corrected chi connectivity index (χ1v) is 8.84. The molecule has 1 saturated heterocycles. The molecule has 9 heteroatoms. The Hall–Kier alpha value is -2.52. The predicted octanol–water partition coefficient (Wildman–Crippen LogP) is 1.18. The van der Waals surface area contributed by atoms with Crippen molar-refractivity contribution < 1.29 is 24.0 Å². The van der Waals surface area contributed by atoms with Crippen molar-refractivity contribution in [1.29, 1.82) is 0 Å². The molecule has 0 saturated carbocycles. The van der Waals surface area contributed by atoms with Gasteiger partial charge in [0.25, 0.3) is 11.6 Å². The minimum atomic E-state index is -0.510. The topological polar surface area (TPSA) is 102 Å². The van der Waals surface area contributed by atoms with E-state index in [9.17, 15) is 19.7 Å². The molecule has 1 aromatic rings. The molecule has 27 heavy (non-hydrogen) atoms. The number of nitro benzene ring substituents is 1. The van der Waals surface area contributed by atoms with Crippen LogP contribution < -0.4 is 0 Å². The van der Waals surface area contributed by atoms with Crippen LogP contribution in [-0.4, -0.2) is 79.6 Å².